The molecule has 152 valence electrons. The van der Waals surface area contributed by atoms with Gasteiger partial charge in [-0.2, -0.15) is 0 Å². The minimum Gasteiger partial charge on any atom is -0.481 e. The van der Waals surface area contributed by atoms with Gasteiger partial charge in [0.05, 0.1) is 6.42 Å². The van der Waals surface area contributed by atoms with E-state index in [4.69, 9.17) is 9.84 Å². The summed E-state index contributed by atoms with van der Waals surface area (Å²) in [4.78, 5) is 22.6. The van der Waals surface area contributed by atoms with Crippen LogP contribution in [-0.2, 0) is 14.3 Å². The molecule has 9 nitrogen and oxygen atoms in total. The Balaban J connectivity index is 1.71. The Hall–Kier alpha value is -1.52. The number of ether oxygens (including phenoxy) is 1. The van der Waals surface area contributed by atoms with Crippen molar-refractivity contribution in [3.05, 3.63) is 11.6 Å². The molecule has 0 aromatic rings. The number of carboxylic acid groups (broad SMARTS) is 2. The Labute approximate surface area is 156 Å². The first-order valence-corrected chi connectivity index (χ1v) is 9.25. The fourth-order valence-corrected chi connectivity index (χ4v) is 4.86. The summed E-state index contributed by atoms with van der Waals surface area (Å²) >= 11 is 0. The topological polar surface area (TPSA) is 157 Å². The molecule has 0 spiro atoms. The lowest BCUT2D eigenvalue weighted by molar-refractivity contribution is -0.236. The Bertz CT molecular complexity index is 637. The molecule has 8 atom stereocenters. The average molecular weight is 385 g/mol. The number of nitrogens with one attached hydrogen (secondary N) is 1. The van der Waals surface area contributed by atoms with Crippen molar-refractivity contribution in [2.45, 2.75) is 63.3 Å². The van der Waals surface area contributed by atoms with E-state index in [1.54, 1.807) is 0 Å². The van der Waals surface area contributed by atoms with Crippen molar-refractivity contribution in [2.24, 2.45) is 17.3 Å². The van der Waals surface area contributed by atoms with Gasteiger partial charge >= 0.3 is 11.9 Å². The van der Waals surface area contributed by atoms with Crippen LogP contribution in [0.4, 0.5) is 0 Å². The maximum absolute atomic E-state index is 11.4. The van der Waals surface area contributed by atoms with Crippen LogP contribution < -0.4 is 5.32 Å². The molecular weight excluding hydrogens is 358 g/mol. The van der Waals surface area contributed by atoms with Crippen molar-refractivity contribution in [3.63, 3.8) is 0 Å². The number of allylic oxidation sites excluding steroid dienone is 2. The highest BCUT2D eigenvalue weighted by atomic mass is 16.6. The second kappa shape index (κ2) is 7.48. The molecule has 3 rings (SSSR count). The third-order valence-electron chi connectivity index (χ3n) is 6.29. The smallest absolute Gasteiger partial charge is 0.335 e. The summed E-state index contributed by atoms with van der Waals surface area (Å²) in [6.07, 6.45) is -3.14. The number of aliphatic hydroxyl groups is 3. The van der Waals surface area contributed by atoms with E-state index in [1.807, 2.05) is 0 Å². The van der Waals surface area contributed by atoms with Gasteiger partial charge in [-0.1, -0.05) is 18.6 Å². The molecule has 6 N–H and O–H groups in total. The monoisotopic (exact) mass is 385 g/mol. The highest BCUT2D eigenvalue weighted by Crippen LogP contribution is 2.59. The molecule has 1 heterocycles. The largest absolute Gasteiger partial charge is 0.481 e. The van der Waals surface area contributed by atoms with Crippen molar-refractivity contribution < 1.29 is 39.9 Å². The van der Waals surface area contributed by atoms with Gasteiger partial charge < -0.3 is 30.3 Å². The molecule has 1 saturated carbocycles. The molecule has 27 heavy (non-hydrogen) atoms. The van der Waals surface area contributed by atoms with Crippen LogP contribution in [0.25, 0.3) is 0 Å². The minimum absolute atomic E-state index is 0.0506. The fourth-order valence-electron chi connectivity index (χ4n) is 4.86. The van der Waals surface area contributed by atoms with Gasteiger partial charge in [-0.05, 0) is 31.1 Å². The van der Waals surface area contributed by atoms with Crippen LogP contribution in [0.3, 0.4) is 0 Å². The maximum Gasteiger partial charge on any atom is 0.335 e. The van der Waals surface area contributed by atoms with Gasteiger partial charge in [0.1, 0.15) is 24.5 Å². The second-order valence-corrected chi connectivity index (χ2v) is 7.97. The van der Waals surface area contributed by atoms with Crippen LogP contribution in [0.15, 0.2) is 11.6 Å². The summed E-state index contributed by atoms with van der Waals surface area (Å²) in [5, 5.41) is 51.2. The number of aliphatic hydroxyl groups excluding tert-OH is 3. The Morgan fingerprint density at radius 2 is 1.93 bits per heavy atom. The molecule has 0 unspecified atom stereocenters. The quantitative estimate of drug-likeness (QED) is 0.312. The normalized spacial score (nSPS) is 43.6. The predicted molar refractivity (Wildman–Crippen MR) is 91.6 cm³/mol. The molecule has 0 amide bonds. The number of carbonyl (C=O) groups is 2. The minimum atomic E-state index is -1.75. The summed E-state index contributed by atoms with van der Waals surface area (Å²) in [6.45, 7) is 2.27. The first-order chi connectivity index (χ1) is 12.7. The van der Waals surface area contributed by atoms with Gasteiger partial charge in [-0.15, -0.1) is 0 Å². The summed E-state index contributed by atoms with van der Waals surface area (Å²) in [5.41, 5.74) is 0.770. The molecule has 2 fully saturated rings. The van der Waals surface area contributed by atoms with Crippen LogP contribution in [0.2, 0.25) is 0 Å². The number of fused-ring (bicyclic) bond motifs is 1. The van der Waals surface area contributed by atoms with Crippen LogP contribution in [0.5, 0.6) is 0 Å². The zero-order chi connectivity index (χ0) is 19.9. The zero-order valence-corrected chi connectivity index (χ0v) is 15.1. The van der Waals surface area contributed by atoms with E-state index in [0.717, 1.165) is 12.8 Å². The lowest BCUT2D eigenvalue weighted by Gasteiger charge is -2.53. The van der Waals surface area contributed by atoms with Gasteiger partial charge in [0.15, 0.2) is 6.10 Å². The summed E-state index contributed by atoms with van der Waals surface area (Å²) < 4.78 is 5.23. The molecule has 2 aliphatic carbocycles. The number of aliphatic carboxylic acids is 2. The van der Waals surface area contributed by atoms with E-state index in [9.17, 15) is 30.0 Å². The number of hydrogen-bond acceptors (Lipinski definition) is 7. The third kappa shape index (κ3) is 3.62. The predicted octanol–water partition coefficient (Wildman–Crippen LogP) is -0.694. The van der Waals surface area contributed by atoms with Crippen molar-refractivity contribution in [3.8, 4) is 0 Å². The summed E-state index contributed by atoms with van der Waals surface area (Å²) in [7, 11) is 0. The van der Waals surface area contributed by atoms with E-state index >= 15 is 0 Å². The van der Waals surface area contributed by atoms with Gasteiger partial charge in [0.2, 0.25) is 0 Å². The van der Waals surface area contributed by atoms with Crippen molar-refractivity contribution >= 4 is 11.9 Å². The standard InChI is InChI=1S/C18H27NO8/c1-2-8-3-9-5-18(6-11(20)21,10(9)4-8)7-19-16-14(24)12(22)13(23)15(27-16)17(25)26/h4,9-10,12-16,19,22-24H,2-3,5-7H2,1H3,(H,20,21)(H,25,26)/t9-,10-,12+,13+,14-,15+,16-,18-/m1/s1. The summed E-state index contributed by atoms with van der Waals surface area (Å²) in [5.74, 6) is -1.84. The van der Waals surface area contributed by atoms with E-state index < -0.39 is 48.0 Å². The first kappa shape index (κ1) is 20.2. The number of hydrogen-bond donors (Lipinski definition) is 6. The fraction of sp³-hybridized carbons (Fsp3) is 0.778. The van der Waals surface area contributed by atoms with Crippen LogP contribution >= 0.6 is 0 Å². The number of rotatable bonds is 7. The third-order valence-corrected chi connectivity index (χ3v) is 6.29. The Morgan fingerprint density at radius 1 is 1.22 bits per heavy atom. The van der Waals surface area contributed by atoms with Crippen LogP contribution in [-0.4, -0.2) is 74.7 Å². The van der Waals surface area contributed by atoms with E-state index in [1.165, 1.54) is 5.57 Å². The van der Waals surface area contributed by atoms with Crippen molar-refractivity contribution in [1.29, 1.82) is 0 Å². The van der Waals surface area contributed by atoms with Crippen LogP contribution in [0.1, 0.15) is 32.6 Å². The molecule has 0 aromatic carbocycles. The molecule has 3 aliphatic rings. The van der Waals surface area contributed by atoms with Gasteiger partial charge in [-0.3, -0.25) is 10.1 Å². The van der Waals surface area contributed by atoms with E-state index in [2.05, 4.69) is 18.3 Å². The Kier molecular flexibility index (Phi) is 5.60. The second-order valence-electron chi connectivity index (χ2n) is 7.97. The SMILES string of the molecule is CCC1=C[C@@H]2[C@H](C1)C[C@]2(CN[C@@H]1O[C@H](C(=O)O)[C@@H](O)[C@H](O)[C@H]1O)CC(=O)O. The molecule has 0 aromatic heterocycles. The van der Waals surface area contributed by atoms with Crippen molar-refractivity contribution in [1.82, 2.24) is 5.32 Å². The molecule has 1 saturated heterocycles. The molecule has 0 bridgehead atoms. The van der Waals surface area contributed by atoms with Gasteiger partial charge in [0, 0.05) is 12.0 Å². The highest BCUT2D eigenvalue weighted by Gasteiger charge is 2.56. The average Bonchev–Trinajstić information content (AvgIpc) is 2.95. The first-order valence-electron chi connectivity index (χ1n) is 9.25. The van der Waals surface area contributed by atoms with Gasteiger partial charge in [-0.25, -0.2) is 4.79 Å². The van der Waals surface area contributed by atoms with Gasteiger partial charge in [0.25, 0.3) is 0 Å². The molecule has 1 aliphatic heterocycles. The lowest BCUT2D eigenvalue weighted by Crippen LogP contribution is -2.65. The highest BCUT2D eigenvalue weighted by molar-refractivity contribution is 5.73. The van der Waals surface area contributed by atoms with E-state index in [0.29, 0.717) is 12.3 Å². The molecule has 0 radical (unpaired) electrons. The van der Waals surface area contributed by atoms with Crippen LogP contribution in [0, 0.1) is 17.3 Å². The van der Waals surface area contributed by atoms with Crippen molar-refractivity contribution in [2.75, 3.05) is 6.54 Å². The lowest BCUT2D eigenvalue weighted by atomic mass is 9.53. The summed E-state index contributed by atoms with van der Waals surface area (Å²) in [6, 6.07) is 0. The van der Waals surface area contributed by atoms with E-state index in [-0.39, 0.29) is 18.9 Å². The maximum atomic E-state index is 11.4. The Morgan fingerprint density at radius 3 is 2.52 bits per heavy atom. The molecule has 9 heteroatoms. The zero-order valence-electron chi connectivity index (χ0n) is 15.1. The number of carboxylic acids is 2. The molecular formula is C18H27NO8.